The van der Waals surface area contributed by atoms with Crippen LogP contribution in [0, 0.1) is 13.8 Å². The Kier molecular flexibility index (Phi) is 3.60. The van der Waals surface area contributed by atoms with Gasteiger partial charge in [0.25, 0.3) is 0 Å². The minimum atomic E-state index is 0.356. The third-order valence-corrected chi connectivity index (χ3v) is 3.27. The van der Waals surface area contributed by atoms with Crippen LogP contribution in [-0.4, -0.2) is 9.67 Å². The van der Waals surface area contributed by atoms with E-state index in [2.05, 4.69) is 35.1 Å². The zero-order valence-corrected chi connectivity index (χ0v) is 11.2. The van der Waals surface area contributed by atoms with Crippen LogP contribution in [0.2, 0.25) is 0 Å². The molecular formula is C15H20N2O. The zero-order chi connectivity index (χ0) is 13.1. The van der Waals surface area contributed by atoms with Crippen molar-refractivity contribution in [3.63, 3.8) is 0 Å². The van der Waals surface area contributed by atoms with Gasteiger partial charge in [0.15, 0.2) is 0 Å². The van der Waals surface area contributed by atoms with E-state index in [4.69, 9.17) is 0 Å². The SMILES string of the molecule is CCn1cccc1CNc1cc(C)c(O)cc1C. The van der Waals surface area contributed by atoms with Crippen LogP contribution in [0.1, 0.15) is 23.7 Å². The zero-order valence-electron chi connectivity index (χ0n) is 11.2. The second-order valence-corrected chi connectivity index (χ2v) is 4.59. The summed E-state index contributed by atoms with van der Waals surface area (Å²) < 4.78 is 2.22. The summed E-state index contributed by atoms with van der Waals surface area (Å²) in [6.45, 7) is 7.83. The third-order valence-electron chi connectivity index (χ3n) is 3.27. The molecule has 0 aliphatic carbocycles. The molecule has 0 saturated heterocycles. The Bertz CT molecular complexity index is 543. The van der Waals surface area contributed by atoms with Crippen LogP contribution < -0.4 is 5.32 Å². The highest BCUT2D eigenvalue weighted by Crippen LogP contribution is 2.25. The van der Waals surface area contributed by atoms with E-state index in [9.17, 15) is 5.11 Å². The van der Waals surface area contributed by atoms with Crippen LogP contribution in [-0.2, 0) is 13.1 Å². The number of aromatic nitrogens is 1. The van der Waals surface area contributed by atoms with Crippen LogP contribution in [0.25, 0.3) is 0 Å². The molecule has 2 rings (SSSR count). The number of rotatable bonds is 4. The molecule has 96 valence electrons. The second-order valence-electron chi connectivity index (χ2n) is 4.59. The van der Waals surface area contributed by atoms with Gasteiger partial charge in [-0.15, -0.1) is 0 Å². The first-order chi connectivity index (χ1) is 8.61. The molecule has 0 fully saturated rings. The van der Waals surface area contributed by atoms with Gasteiger partial charge in [-0.25, -0.2) is 0 Å². The van der Waals surface area contributed by atoms with E-state index in [-0.39, 0.29) is 0 Å². The molecule has 0 saturated carbocycles. The summed E-state index contributed by atoms with van der Waals surface area (Å²) in [6.07, 6.45) is 2.09. The van der Waals surface area contributed by atoms with Crippen molar-refractivity contribution in [2.45, 2.75) is 33.9 Å². The van der Waals surface area contributed by atoms with Crippen LogP contribution >= 0.6 is 0 Å². The summed E-state index contributed by atoms with van der Waals surface area (Å²) in [5.41, 5.74) is 4.30. The lowest BCUT2D eigenvalue weighted by Crippen LogP contribution is -2.06. The fourth-order valence-corrected chi connectivity index (χ4v) is 2.10. The normalized spacial score (nSPS) is 10.6. The Labute approximate surface area is 108 Å². The minimum Gasteiger partial charge on any atom is -0.508 e. The largest absolute Gasteiger partial charge is 0.508 e. The molecule has 0 bridgehead atoms. The number of hydrogen-bond acceptors (Lipinski definition) is 2. The molecule has 0 spiro atoms. The van der Waals surface area contributed by atoms with Gasteiger partial charge >= 0.3 is 0 Å². The summed E-state index contributed by atoms with van der Waals surface area (Å²) in [7, 11) is 0. The summed E-state index contributed by atoms with van der Waals surface area (Å²) >= 11 is 0. The molecule has 3 heteroatoms. The molecule has 1 heterocycles. The van der Waals surface area contributed by atoms with Gasteiger partial charge in [0.05, 0.1) is 6.54 Å². The molecule has 1 aromatic heterocycles. The highest BCUT2D eigenvalue weighted by Gasteiger charge is 2.04. The Morgan fingerprint density at radius 3 is 2.72 bits per heavy atom. The van der Waals surface area contributed by atoms with Crippen LogP contribution in [0.4, 0.5) is 5.69 Å². The highest BCUT2D eigenvalue weighted by atomic mass is 16.3. The Morgan fingerprint density at radius 2 is 2.00 bits per heavy atom. The number of phenols is 1. The lowest BCUT2D eigenvalue weighted by molar-refractivity contribution is 0.471. The van der Waals surface area contributed by atoms with E-state index in [1.54, 1.807) is 6.07 Å². The van der Waals surface area contributed by atoms with E-state index in [0.29, 0.717) is 5.75 Å². The van der Waals surface area contributed by atoms with Gasteiger partial charge in [-0.1, -0.05) is 0 Å². The molecule has 0 radical (unpaired) electrons. The molecule has 0 atom stereocenters. The van der Waals surface area contributed by atoms with E-state index in [0.717, 1.165) is 29.9 Å². The average Bonchev–Trinajstić information content (AvgIpc) is 2.79. The third kappa shape index (κ3) is 2.50. The first-order valence-corrected chi connectivity index (χ1v) is 6.30. The summed E-state index contributed by atoms with van der Waals surface area (Å²) in [5, 5.41) is 13.1. The number of nitrogens with zero attached hydrogens (tertiary/aromatic N) is 1. The molecule has 2 aromatic rings. The monoisotopic (exact) mass is 244 g/mol. The molecule has 1 aromatic carbocycles. The maximum Gasteiger partial charge on any atom is 0.118 e. The van der Waals surface area contributed by atoms with Crippen LogP contribution in [0.15, 0.2) is 30.5 Å². The summed E-state index contributed by atoms with van der Waals surface area (Å²) in [5.74, 6) is 0.356. The predicted molar refractivity (Wildman–Crippen MR) is 75.0 cm³/mol. The number of benzene rings is 1. The predicted octanol–water partition coefficient (Wildman–Crippen LogP) is 3.44. The first-order valence-electron chi connectivity index (χ1n) is 6.30. The van der Waals surface area contributed by atoms with Crippen LogP contribution in [0.5, 0.6) is 5.75 Å². The van der Waals surface area contributed by atoms with Gasteiger partial charge in [0, 0.05) is 24.1 Å². The molecule has 0 unspecified atom stereocenters. The molecule has 18 heavy (non-hydrogen) atoms. The number of aromatic hydroxyl groups is 1. The van der Waals surface area contributed by atoms with Crippen molar-refractivity contribution in [1.82, 2.24) is 4.57 Å². The maximum absolute atomic E-state index is 9.63. The quantitative estimate of drug-likeness (QED) is 0.808. The maximum atomic E-state index is 9.63. The standard InChI is InChI=1S/C15H20N2O/c1-4-17-7-5-6-13(17)10-16-14-8-12(3)15(18)9-11(14)2/h5-9,16,18H,4,10H2,1-3H3. The fraction of sp³-hybridized carbons (Fsp3) is 0.333. The van der Waals surface area contributed by atoms with E-state index in [1.807, 2.05) is 19.9 Å². The fourth-order valence-electron chi connectivity index (χ4n) is 2.10. The first kappa shape index (κ1) is 12.6. The van der Waals surface area contributed by atoms with Crippen molar-refractivity contribution in [3.05, 3.63) is 47.3 Å². The van der Waals surface area contributed by atoms with Gasteiger partial charge < -0.3 is 15.0 Å². The molecule has 2 N–H and O–H groups in total. The number of anilines is 1. The number of hydrogen-bond donors (Lipinski definition) is 2. The Morgan fingerprint density at radius 1 is 1.22 bits per heavy atom. The Balaban J connectivity index is 2.13. The number of aryl methyl sites for hydroxylation is 3. The summed E-state index contributed by atoms with van der Waals surface area (Å²) in [4.78, 5) is 0. The van der Waals surface area contributed by atoms with E-state index in [1.165, 1.54) is 5.69 Å². The Hall–Kier alpha value is -1.90. The van der Waals surface area contributed by atoms with Gasteiger partial charge in [-0.2, -0.15) is 0 Å². The van der Waals surface area contributed by atoms with Crippen molar-refractivity contribution >= 4 is 5.69 Å². The minimum absolute atomic E-state index is 0.356. The molecule has 0 aliphatic heterocycles. The molecule has 0 aliphatic rings. The van der Waals surface area contributed by atoms with Gasteiger partial charge in [0.2, 0.25) is 0 Å². The van der Waals surface area contributed by atoms with Crippen LogP contribution in [0.3, 0.4) is 0 Å². The second kappa shape index (κ2) is 5.17. The van der Waals surface area contributed by atoms with Crippen molar-refractivity contribution < 1.29 is 5.11 Å². The lowest BCUT2D eigenvalue weighted by Gasteiger charge is -2.13. The topological polar surface area (TPSA) is 37.2 Å². The number of nitrogens with one attached hydrogen (secondary N) is 1. The van der Waals surface area contributed by atoms with E-state index < -0.39 is 0 Å². The van der Waals surface area contributed by atoms with Gasteiger partial charge in [-0.3, -0.25) is 0 Å². The van der Waals surface area contributed by atoms with Gasteiger partial charge in [0.1, 0.15) is 5.75 Å². The van der Waals surface area contributed by atoms with Crippen molar-refractivity contribution in [2.24, 2.45) is 0 Å². The lowest BCUT2D eigenvalue weighted by atomic mass is 10.1. The summed E-state index contributed by atoms with van der Waals surface area (Å²) in [6, 6.07) is 7.98. The van der Waals surface area contributed by atoms with Gasteiger partial charge in [-0.05, 0) is 56.2 Å². The van der Waals surface area contributed by atoms with Crippen molar-refractivity contribution in [2.75, 3.05) is 5.32 Å². The average molecular weight is 244 g/mol. The van der Waals surface area contributed by atoms with Crippen molar-refractivity contribution in [3.8, 4) is 5.75 Å². The highest BCUT2D eigenvalue weighted by molar-refractivity contribution is 5.56. The van der Waals surface area contributed by atoms with Crippen molar-refractivity contribution in [1.29, 1.82) is 0 Å². The molecule has 0 amide bonds. The molecular weight excluding hydrogens is 224 g/mol. The van der Waals surface area contributed by atoms with E-state index >= 15 is 0 Å². The molecule has 3 nitrogen and oxygen atoms in total. The smallest absolute Gasteiger partial charge is 0.118 e. The number of phenolic OH excluding ortho intramolecular Hbond substituents is 1.